The van der Waals surface area contributed by atoms with Gasteiger partial charge in [0.05, 0.1) is 20.1 Å². The van der Waals surface area contributed by atoms with Crippen LogP contribution in [-0.2, 0) is 16.1 Å². The summed E-state index contributed by atoms with van der Waals surface area (Å²) in [5.74, 6) is -0.0305. The normalized spacial score (nSPS) is 10.2. The highest BCUT2D eigenvalue weighted by atomic mass is 16.5. The van der Waals surface area contributed by atoms with Gasteiger partial charge in [-0.25, -0.2) is 0 Å². The molecule has 1 aromatic rings. The fourth-order valence-corrected chi connectivity index (χ4v) is 2.05. The van der Waals surface area contributed by atoms with Gasteiger partial charge in [0.15, 0.2) is 11.5 Å². The SMILES string of the molecule is CCCCCOc1c(CNC(=O)CCC(=O)O)cccc1OC. The molecule has 0 aliphatic rings. The minimum atomic E-state index is -0.985. The molecule has 0 heterocycles. The lowest BCUT2D eigenvalue weighted by Gasteiger charge is -2.15. The third kappa shape index (κ3) is 7.04. The second-order valence-electron chi connectivity index (χ2n) is 5.17. The molecule has 6 heteroatoms. The molecule has 2 N–H and O–H groups in total. The predicted molar refractivity (Wildman–Crippen MR) is 86.7 cm³/mol. The molecule has 6 nitrogen and oxygen atoms in total. The van der Waals surface area contributed by atoms with Crippen LogP contribution in [0.5, 0.6) is 11.5 Å². The number of rotatable bonds is 11. The van der Waals surface area contributed by atoms with Crippen LogP contribution in [0.15, 0.2) is 18.2 Å². The van der Waals surface area contributed by atoms with Gasteiger partial charge in [0.2, 0.25) is 5.91 Å². The van der Waals surface area contributed by atoms with E-state index >= 15 is 0 Å². The van der Waals surface area contributed by atoms with E-state index in [1.807, 2.05) is 18.2 Å². The van der Waals surface area contributed by atoms with Crippen molar-refractivity contribution < 1.29 is 24.2 Å². The van der Waals surface area contributed by atoms with E-state index in [0.717, 1.165) is 24.8 Å². The Labute approximate surface area is 136 Å². The van der Waals surface area contributed by atoms with Crippen molar-refractivity contribution in [1.82, 2.24) is 5.32 Å². The maximum atomic E-state index is 11.6. The number of carbonyl (C=O) groups excluding carboxylic acids is 1. The van der Waals surface area contributed by atoms with Crippen LogP contribution in [0.3, 0.4) is 0 Å². The number of aliphatic carboxylic acids is 1. The molecule has 1 aromatic carbocycles. The largest absolute Gasteiger partial charge is 0.493 e. The molecule has 0 saturated heterocycles. The highest BCUT2D eigenvalue weighted by Gasteiger charge is 2.12. The van der Waals surface area contributed by atoms with Crippen molar-refractivity contribution in [3.63, 3.8) is 0 Å². The van der Waals surface area contributed by atoms with Crippen molar-refractivity contribution in [3.8, 4) is 11.5 Å². The van der Waals surface area contributed by atoms with E-state index in [4.69, 9.17) is 14.6 Å². The lowest BCUT2D eigenvalue weighted by molar-refractivity contribution is -0.138. The Kier molecular flexibility index (Phi) is 8.57. The molecule has 0 saturated carbocycles. The summed E-state index contributed by atoms with van der Waals surface area (Å²) in [6.45, 7) is 2.99. The Morgan fingerprint density at radius 1 is 1.22 bits per heavy atom. The van der Waals surface area contributed by atoms with E-state index in [1.165, 1.54) is 0 Å². The second-order valence-corrected chi connectivity index (χ2v) is 5.17. The fourth-order valence-electron chi connectivity index (χ4n) is 2.05. The molecule has 0 atom stereocenters. The van der Waals surface area contributed by atoms with Gasteiger partial charge in [0.1, 0.15) is 0 Å². The van der Waals surface area contributed by atoms with E-state index in [9.17, 15) is 9.59 Å². The molecule has 0 fully saturated rings. The Hall–Kier alpha value is -2.24. The highest BCUT2D eigenvalue weighted by molar-refractivity contribution is 5.80. The maximum Gasteiger partial charge on any atom is 0.303 e. The van der Waals surface area contributed by atoms with Gasteiger partial charge in [-0.15, -0.1) is 0 Å². The number of carboxylic acid groups (broad SMARTS) is 1. The van der Waals surface area contributed by atoms with Crippen molar-refractivity contribution >= 4 is 11.9 Å². The average molecular weight is 323 g/mol. The van der Waals surface area contributed by atoms with Crippen molar-refractivity contribution in [2.24, 2.45) is 0 Å². The molecule has 128 valence electrons. The van der Waals surface area contributed by atoms with Gasteiger partial charge in [-0.2, -0.15) is 0 Å². The molecule has 0 spiro atoms. The average Bonchev–Trinajstić information content (AvgIpc) is 2.55. The molecule has 0 aliphatic carbocycles. The van der Waals surface area contributed by atoms with Crippen LogP contribution in [0.2, 0.25) is 0 Å². The smallest absolute Gasteiger partial charge is 0.303 e. The van der Waals surface area contributed by atoms with Crippen LogP contribution in [-0.4, -0.2) is 30.7 Å². The van der Waals surface area contributed by atoms with Gasteiger partial charge in [0, 0.05) is 18.5 Å². The summed E-state index contributed by atoms with van der Waals surface area (Å²) in [4.78, 5) is 22.1. The number of ether oxygens (including phenoxy) is 2. The van der Waals surface area contributed by atoms with E-state index in [-0.39, 0.29) is 25.3 Å². The number of nitrogens with one attached hydrogen (secondary N) is 1. The number of carbonyl (C=O) groups is 2. The van der Waals surface area contributed by atoms with Crippen LogP contribution in [0.1, 0.15) is 44.6 Å². The van der Waals surface area contributed by atoms with E-state index < -0.39 is 5.97 Å². The predicted octanol–water partition coefficient (Wildman–Crippen LogP) is 2.75. The zero-order valence-electron chi connectivity index (χ0n) is 13.8. The maximum absolute atomic E-state index is 11.6. The molecule has 0 radical (unpaired) electrons. The van der Waals surface area contributed by atoms with Gasteiger partial charge in [0.25, 0.3) is 0 Å². The summed E-state index contributed by atoms with van der Waals surface area (Å²) in [6.07, 6.45) is 2.95. The topological polar surface area (TPSA) is 84.9 Å². The number of methoxy groups -OCH3 is 1. The molecule has 0 aliphatic heterocycles. The third-order valence-corrected chi connectivity index (χ3v) is 3.32. The first-order valence-electron chi connectivity index (χ1n) is 7.85. The standard InChI is InChI=1S/C17H25NO5/c1-3-4-5-11-23-17-13(7-6-8-14(17)22-2)12-18-15(19)9-10-16(20)21/h6-8H,3-5,9-12H2,1-2H3,(H,18,19)(H,20,21). The van der Waals surface area contributed by atoms with E-state index in [2.05, 4.69) is 12.2 Å². The molecule has 0 unspecified atom stereocenters. The first kappa shape index (κ1) is 18.8. The first-order chi connectivity index (χ1) is 11.1. The van der Waals surface area contributed by atoms with Crippen molar-refractivity contribution in [1.29, 1.82) is 0 Å². The first-order valence-corrected chi connectivity index (χ1v) is 7.85. The number of hydrogen-bond donors (Lipinski definition) is 2. The second kappa shape index (κ2) is 10.5. The Bertz CT molecular complexity index is 516. The zero-order valence-corrected chi connectivity index (χ0v) is 13.8. The molecular formula is C17H25NO5. The van der Waals surface area contributed by atoms with Gasteiger partial charge >= 0.3 is 5.97 Å². The number of benzene rings is 1. The zero-order chi connectivity index (χ0) is 17.1. The summed E-state index contributed by atoms with van der Waals surface area (Å²) < 4.78 is 11.1. The van der Waals surface area contributed by atoms with Crippen LogP contribution < -0.4 is 14.8 Å². The van der Waals surface area contributed by atoms with E-state index in [0.29, 0.717) is 18.1 Å². The van der Waals surface area contributed by atoms with Crippen molar-refractivity contribution in [2.75, 3.05) is 13.7 Å². The van der Waals surface area contributed by atoms with Crippen molar-refractivity contribution in [2.45, 2.75) is 45.6 Å². The summed E-state index contributed by atoms with van der Waals surface area (Å²) >= 11 is 0. The molecule has 1 rings (SSSR count). The molecular weight excluding hydrogens is 298 g/mol. The Morgan fingerprint density at radius 2 is 2.00 bits per heavy atom. The number of unbranched alkanes of at least 4 members (excludes halogenated alkanes) is 2. The summed E-state index contributed by atoms with van der Waals surface area (Å²) in [7, 11) is 1.57. The molecule has 0 aromatic heterocycles. The monoisotopic (exact) mass is 323 g/mol. The fraction of sp³-hybridized carbons (Fsp3) is 0.529. The third-order valence-electron chi connectivity index (χ3n) is 3.32. The highest BCUT2D eigenvalue weighted by Crippen LogP contribution is 2.31. The quantitative estimate of drug-likeness (QED) is 0.612. The van der Waals surface area contributed by atoms with Crippen LogP contribution >= 0.6 is 0 Å². The Morgan fingerprint density at radius 3 is 2.65 bits per heavy atom. The summed E-state index contributed by atoms with van der Waals surface area (Å²) in [5, 5.41) is 11.3. The Balaban J connectivity index is 2.65. The molecule has 23 heavy (non-hydrogen) atoms. The molecule has 1 amide bonds. The van der Waals surface area contributed by atoms with Crippen LogP contribution in [0.25, 0.3) is 0 Å². The number of amides is 1. The number of hydrogen-bond acceptors (Lipinski definition) is 4. The molecule has 0 bridgehead atoms. The lowest BCUT2D eigenvalue weighted by Crippen LogP contribution is -2.23. The van der Waals surface area contributed by atoms with Crippen molar-refractivity contribution in [3.05, 3.63) is 23.8 Å². The minimum absolute atomic E-state index is 0.0357. The van der Waals surface area contributed by atoms with E-state index in [1.54, 1.807) is 7.11 Å². The van der Waals surface area contributed by atoms with Gasteiger partial charge in [-0.05, 0) is 12.5 Å². The minimum Gasteiger partial charge on any atom is -0.493 e. The number of para-hydroxylation sites is 1. The summed E-state index contributed by atoms with van der Waals surface area (Å²) in [6, 6.07) is 5.50. The van der Waals surface area contributed by atoms with Gasteiger partial charge < -0.3 is 19.9 Å². The van der Waals surface area contributed by atoms with Gasteiger partial charge in [-0.3, -0.25) is 9.59 Å². The summed E-state index contributed by atoms with van der Waals surface area (Å²) in [5.41, 5.74) is 0.810. The van der Waals surface area contributed by atoms with Crippen LogP contribution in [0.4, 0.5) is 0 Å². The lowest BCUT2D eigenvalue weighted by atomic mass is 10.1. The number of carboxylic acids is 1. The van der Waals surface area contributed by atoms with Gasteiger partial charge in [-0.1, -0.05) is 31.9 Å². The van der Waals surface area contributed by atoms with Crippen LogP contribution in [0, 0.1) is 0 Å².